The number of non-ortho nitro benzene ring substituents is 1. The molecule has 1 aliphatic heterocycles. The number of nitro benzene ring substituents is 1. The highest BCUT2D eigenvalue weighted by atomic mass is 16.6. The van der Waals surface area contributed by atoms with Gasteiger partial charge in [0.2, 0.25) is 0 Å². The molecule has 1 N–H and O–H groups in total. The Morgan fingerprint density at radius 2 is 1.85 bits per heavy atom. The molecule has 1 aliphatic carbocycles. The second kappa shape index (κ2) is 5.70. The summed E-state index contributed by atoms with van der Waals surface area (Å²) >= 11 is 0. The molecule has 0 unspecified atom stereocenters. The first-order valence-corrected chi connectivity index (χ1v) is 8.91. The molecule has 0 saturated carbocycles. The average molecular weight is 342 g/mol. The molecule has 26 heavy (non-hydrogen) atoms. The zero-order chi connectivity index (χ0) is 17.7. The zero-order valence-electron chi connectivity index (χ0n) is 14.1. The van der Waals surface area contributed by atoms with Crippen LogP contribution in [-0.2, 0) is 0 Å². The second-order valence-electron chi connectivity index (χ2n) is 7.07. The lowest BCUT2D eigenvalue weighted by Crippen LogP contribution is -2.29. The fraction of sp³-hybridized carbons (Fsp3) is 0.182. The maximum absolute atomic E-state index is 11.2. The molecular weight excluding hydrogens is 324 g/mol. The molecule has 0 radical (unpaired) electrons. The zero-order valence-corrected chi connectivity index (χ0v) is 14.1. The average Bonchev–Trinajstić information content (AvgIpc) is 3.16. The summed E-state index contributed by atoms with van der Waals surface area (Å²) in [7, 11) is 0. The molecule has 0 amide bonds. The van der Waals surface area contributed by atoms with E-state index in [1.54, 1.807) is 12.1 Å². The van der Waals surface area contributed by atoms with Crippen molar-refractivity contribution >= 4 is 22.1 Å². The standard InChI is InChI=1S/C22H18N2O2/c25-24(26)15-11-12-21-20(13-15)17-8-4-10-19(17)22(23-21)18-9-3-6-14-5-1-2-7-16(14)18/h1-9,11-13,17,19,22-23H,10H2/t17-,19+,22+/m0/s1. The van der Waals surface area contributed by atoms with Crippen molar-refractivity contribution in [1.29, 1.82) is 0 Å². The minimum absolute atomic E-state index is 0.160. The monoisotopic (exact) mass is 342 g/mol. The largest absolute Gasteiger partial charge is 0.378 e. The van der Waals surface area contributed by atoms with E-state index in [1.165, 1.54) is 16.3 Å². The molecule has 3 atom stereocenters. The molecule has 3 aromatic rings. The lowest BCUT2D eigenvalue weighted by Gasteiger charge is -2.37. The highest BCUT2D eigenvalue weighted by Gasteiger charge is 2.39. The molecule has 0 saturated heterocycles. The van der Waals surface area contributed by atoms with E-state index in [4.69, 9.17) is 0 Å². The Balaban J connectivity index is 1.65. The smallest absolute Gasteiger partial charge is 0.269 e. The van der Waals surface area contributed by atoms with Gasteiger partial charge in [-0.3, -0.25) is 10.1 Å². The number of fused-ring (bicyclic) bond motifs is 4. The van der Waals surface area contributed by atoms with Crippen molar-refractivity contribution in [3.05, 3.63) is 94.1 Å². The number of benzene rings is 3. The molecule has 4 heteroatoms. The Labute approximate surface area is 151 Å². The molecule has 0 bridgehead atoms. The van der Waals surface area contributed by atoms with Crippen LogP contribution in [0.3, 0.4) is 0 Å². The normalized spacial score (nSPS) is 23.3. The van der Waals surface area contributed by atoms with Gasteiger partial charge in [0.15, 0.2) is 0 Å². The number of anilines is 1. The summed E-state index contributed by atoms with van der Waals surface area (Å²) in [5, 5.41) is 17.4. The van der Waals surface area contributed by atoms with Crippen LogP contribution in [0.4, 0.5) is 11.4 Å². The van der Waals surface area contributed by atoms with Crippen LogP contribution in [0.25, 0.3) is 10.8 Å². The van der Waals surface area contributed by atoms with Crippen molar-refractivity contribution in [3.63, 3.8) is 0 Å². The quantitative estimate of drug-likeness (QED) is 0.376. The molecule has 5 rings (SSSR count). The number of hydrogen-bond donors (Lipinski definition) is 1. The molecular formula is C22H18N2O2. The van der Waals surface area contributed by atoms with Crippen LogP contribution in [0.1, 0.15) is 29.5 Å². The van der Waals surface area contributed by atoms with Crippen molar-refractivity contribution in [3.8, 4) is 0 Å². The Morgan fingerprint density at radius 1 is 1.00 bits per heavy atom. The molecule has 3 aromatic carbocycles. The summed E-state index contributed by atoms with van der Waals surface area (Å²) in [6, 6.07) is 20.3. The van der Waals surface area contributed by atoms with Gasteiger partial charge in [-0.05, 0) is 40.3 Å². The van der Waals surface area contributed by atoms with Crippen LogP contribution in [0.5, 0.6) is 0 Å². The molecule has 0 spiro atoms. The molecule has 2 aliphatic rings. The van der Waals surface area contributed by atoms with E-state index in [1.807, 2.05) is 6.07 Å². The van der Waals surface area contributed by atoms with Crippen molar-refractivity contribution in [1.82, 2.24) is 0 Å². The highest BCUT2D eigenvalue weighted by molar-refractivity contribution is 5.86. The van der Waals surface area contributed by atoms with E-state index in [2.05, 4.69) is 59.9 Å². The van der Waals surface area contributed by atoms with E-state index >= 15 is 0 Å². The Morgan fingerprint density at radius 3 is 2.73 bits per heavy atom. The third-order valence-electron chi connectivity index (χ3n) is 5.72. The van der Waals surface area contributed by atoms with E-state index in [9.17, 15) is 10.1 Å². The second-order valence-corrected chi connectivity index (χ2v) is 7.07. The first-order valence-electron chi connectivity index (χ1n) is 8.91. The van der Waals surface area contributed by atoms with Gasteiger partial charge in [0, 0.05) is 23.7 Å². The Bertz CT molecular complexity index is 1050. The molecule has 1 heterocycles. The van der Waals surface area contributed by atoms with Gasteiger partial charge in [0.05, 0.1) is 11.0 Å². The van der Waals surface area contributed by atoms with Gasteiger partial charge < -0.3 is 5.32 Å². The van der Waals surface area contributed by atoms with Gasteiger partial charge in [-0.25, -0.2) is 0 Å². The minimum Gasteiger partial charge on any atom is -0.378 e. The summed E-state index contributed by atoms with van der Waals surface area (Å²) in [5.41, 5.74) is 3.50. The molecule has 4 nitrogen and oxygen atoms in total. The fourth-order valence-corrected chi connectivity index (χ4v) is 4.52. The first kappa shape index (κ1) is 15.1. The lowest BCUT2D eigenvalue weighted by atomic mass is 9.76. The number of nitrogens with zero attached hydrogens (tertiary/aromatic N) is 1. The summed E-state index contributed by atoms with van der Waals surface area (Å²) in [6.45, 7) is 0. The van der Waals surface area contributed by atoms with Crippen molar-refractivity contribution in [2.75, 3.05) is 5.32 Å². The summed E-state index contributed by atoms with van der Waals surface area (Å²) in [6.07, 6.45) is 5.41. The van der Waals surface area contributed by atoms with E-state index in [0.717, 1.165) is 17.7 Å². The van der Waals surface area contributed by atoms with Gasteiger partial charge in [-0.2, -0.15) is 0 Å². The molecule has 128 valence electrons. The maximum Gasteiger partial charge on any atom is 0.269 e. The minimum atomic E-state index is -0.315. The van der Waals surface area contributed by atoms with Gasteiger partial charge in [-0.1, -0.05) is 54.6 Å². The Hall–Kier alpha value is -3.14. The highest BCUT2D eigenvalue weighted by Crippen LogP contribution is 2.51. The van der Waals surface area contributed by atoms with Crippen LogP contribution in [-0.4, -0.2) is 4.92 Å². The number of allylic oxidation sites excluding steroid dienone is 2. The summed E-state index contributed by atoms with van der Waals surface area (Å²) < 4.78 is 0. The van der Waals surface area contributed by atoms with Crippen molar-refractivity contribution < 1.29 is 4.92 Å². The Kier molecular flexibility index (Phi) is 3.32. The van der Waals surface area contributed by atoms with E-state index < -0.39 is 0 Å². The molecule has 0 fully saturated rings. The fourth-order valence-electron chi connectivity index (χ4n) is 4.52. The van der Waals surface area contributed by atoms with Gasteiger partial charge in [0.1, 0.15) is 0 Å². The van der Waals surface area contributed by atoms with Gasteiger partial charge in [0.25, 0.3) is 5.69 Å². The number of nitrogens with one attached hydrogen (secondary N) is 1. The maximum atomic E-state index is 11.2. The van der Waals surface area contributed by atoms with Crippen LogP contribution in [0, 0.1) is 16.0 Å². The van der Waals surface area contributed by atoms with Gasteiger partial charge in [-0.15, -0.1) is 0 Å². The number of rotatable bonds is 2. The van der Waals surface area contributed by atoms with E-state index in [0.29, 0.717) is 5.92 Å². The third-order valence-corrected chi connectivity index (χ3v) is 5.72. The third kappa shape index (κ3) is 2.22. The first-order chi connectivity index (χ1) is 12.7. The topological polar surface area (TPSA) is 55.2 Å². The predicted octanol–water partition coefficient (Wildman–Crippen LogP) is 5.57. The number of nitro groups is 1. The predicted molar refractivity (Wildman–Crippen MR) is 103 cm³/mol. The lowest BCUT2D eigenvalue weighted by molar-refractivity contribution is -0.384. The SMILES string of the molecule is O=[N+]([O-])c1ccc2c(c1)[C@H]1C=CC[C@H]1[C@@H](c1cccc3ccccc13)N2. The summed E-state index contributed by atoms with van der Waals surface area (Å²) in [5.74, 6) is 0.588. The van der Waals surface area contributed by atoms with Crippen LogP contribution < -0.4 is 5.32 Å². The summed E-state index contributed by atoms with van der Waals surface area (Å²) in [4.78, 5) is 10.9. The molecule has 0 aromatic heterocycles. The van der Waals surface area contributed by atoms with Crippen molar-refractivity contribution in [2.24, 2.45) is 5.92 Å². The van der Waals surface area contributed by atoms with Crippen LogP contribution in [0.2, 0.25) is 0 Å². The van der Waals surface area contributed by atoms with Crippen LogP contribution >= 0.6 is 0 Å². The van der Waals surface area contributed by atoms with Crippen LogP contribution in [0.15, 0.2) is 72.8 Å². The van der Waals surface area contributed by atoms with E-state index in [-0.39, 0.29) is 22.6 Å². The van der Waals surface area contributed by atoms with Gasteiger partial charge >= 0.3 is 0 Å². The number of hydrogen-bond acceptors (Lipinski definition) is 3. The van der Waals surface area contributed by atoms with Crippen molar-refractivity contribution in [2.45, 2.75) is 18.4 Å².